The summed E-state index contributed by atoms with van der Waals surface area (Å²) in [5.41, 5.74) is 2.33. The van der Waals surface area contributed by atoms with E-state index in [2.05, 4.69) is 5.32 Å². The molecule has 1 aliphatic heterocycles. The average Bonchev–Trinajstić information content (AvgIpc) is 3.25. The van der Waals surface area contributed by atoms with Crippen molar-refractivity contribution in [3.05, 3.63) is 53.1 Å². The van der Waals surface area contributed by atoms with Crippen LogP contribution in [0.1, 0.15) is 63.9 Å². The van der Waals surface area contributed by atoms with Crippen LogP contribution < -0.4 is 10.1 Å². The van der Waals surface area contributed by atoms with Gasteiger partial charge in [-0.2, -0.15) is 0 Å². The number of nitrogens with one attached hydrogen (secondary N) is 1. The molecule has 2 amide bonds. The van der Waals surface area contributed by atoms with Crippen molar-refractivity contribution < 1.29 is 24.5 Å². The van der Waals surface area contributed by atoms with E-state index in [9.17, 15) is 19.8 Å². The van der Waals surface area contributed by atoms with Gasteiger partial charge in [0.15, 0.2) is 0 Å². The number of hydrogen-bond acceptors (Lipinski definition) is 5. The topological polar surface area (TPSA) is 99.1 Å². The van der Waals surface area contributed by atoms with Crippen LogP contribution in [0.5, 0.6) is 5.75 Å². The molecular formula is C31H40N2O5. The SMILES string of the molecule is CC(C)=CC(=O)N(CC12CC3CC(CC(C3)C1)C2)[C@@H]1C=C(C(=O)NCCO)[C@@H]2c3ccccc3O[C@@H]2[C@H]1O. The number of aliphatic hydroxyl groups excluding tert-OH is 2. The molecule has 1 aromatic rings. The third kappa shape index (κ3) is 4.47. The van der Waals surface area contributed by atoms with E-state index in [1.54, 1.807) is 12.2 Å². The largest absolute Gasteiger partial charge is 0.486 e. The predicted molar refractivity (Wildman–Crippen MR) is 143 cm³/mol. The Labute approximate surface area is 224 Å². The van der Waals surface area contributed by atoms with E-state index in [0.717, 1.165) is 48.2 Å². The van der Waals surface area contributed by atoms with Crippen LogP contribution in [0.4, 0.5) is 0 Å². The van der Waals surface area contributed by atoms with Gasteiger partial charge < -0.3 is 25.2 Å². The van der Waals surface area contributed by atoms with Gasteiger partial charge in [0, 0.05) is 30.3 Å². The molecule has 0 spiro atoms. The number of aliphatic hydroxyl groups is 2. The molecule has 38 heavy (non-hydrogen) atoms. The first-order chi connectivity index (χ1) is 18.3. The summed E-state index contributed by atoms with van der Waals surface area (Å²) in [5, 5.41) is 23.9. The molecule has 7 rings (SSSR count). The maximum atomic E-state index is 13.8. The number of hydrogen-bond donors (Lipinski definition) is 3. The molecule has 4 saturated carbocycles. The number of rotatable bonds is 7. The fourth-order valence-corrected chi connectivity index (χ4v) is 8.70. The minimum absolute atomic E-state index is 0.0725. The fourth-order valence-electron chi connectivity index (χ4n) is 8.70. The van der Waals surface area contributed by atoms with Gasteiger partial charge in [0.05, 0.1) is 18.6 Å². The molecule has 204 valence electrons. The number of carbonyl (C=O) groups is 2. The summed E-state index contributed by atoms with van der Waals surface area (Å²) in [7, 11) is 0. The Balaban J connectivity index is 1.39. The lowest BCUT2D eigenvalue weighted by molar-refractivity contribution is -0.140. The van der Waals surface area contributed by atoms with Crippen molar-refractivity contribution in [3.8, 4) is 5.75 Å². The minimum atomic E-state index is -0.981. The fraction of sp³-hybridized carbons (Fsp3) is 0.613. The van der Waals surface area contributed by atoms with Gasteiger partial charge in [-0.05, 0) is 87.7 Å². The number of benzene rings is 1. The van der Waals surface area contributed by atoms with Gasteiger partial charge in [0.2, 0.25) is 11.8 Å². The lowest BCUT2D eigenvalue weighted by Crippen LogP contribution is -2.59. The van der Waals surface area contributed by atoms with Crippen LogP contribution >= 0.6 is 0 Å². The number of fused-ring (bicyclic) bond motifs is 3. The second kappa shape index (κ2) is 9.83. The Kier molecular flexibility index (Phi) is 6.63. The molecule has 5 aliphatic carbocycles. The molecule has 7 nitrogen and oxygen atoms in total. The van der Waals surface area contributed by atoms with Gasteiger partial charge in [-0.3, -0.25) is 9.59 Å². The molecule has 0 radical (unpaired) electrons. The van der Waals surface area contributed by atoms with E-state index >= 15 is 0 Å². The Morgan fingerprint density at radius 2 is 1.76 bits per heavy atom. The van der Waals surface area contributed by atoms with Crippen LogP contribution in [0, 0.1) is 23.2 Å². The van der Waals surface area contributed by atoms with Gasteiger partial charge in [-0.25, -0.2) is 0 Å². The van der Waals surface area contributed by atoms with Crippen molar-refractivity contribution in [2.24, 2.45) is 23.2 Å². The average molecular weight is 521 g/mol. The maximum absolute atomic E-state index is 13.8. The number of nitrogens with zero attached hydrogens (tertiary/aromatic N) is 1. The summed E-state index contributed by atoms with van der Waals surface area (Å²) in [4.78, 5) is 29.1. The predicted octanol–water partition coefficient (Wildman–Crippen LogP) is 3.32. The summed E-state index contributed by atoms with van der Waals surface area (Å²) in [6.45, 7) is 4.39. The lowest BCUT2D eigenvalue weighted by atomic mass is 9.49. The normalized spacial score (nSPS) is 36.0. The number of ether oxygens (including phenoxy) is 1. The summed E-state index contributed by atoms with van der Waals surface area (Å²) in [6, 6.07) is 6.90. The molecular weight excluding hydrogens is 480 g/mol. The smallest absolute Gasteiger partial charge is 0.247 e. The van der Waals surface area contributed by atoms with Crippen molar-refractivity contribution >= 4 is 11.8 Å². The third-order valence-corrected chi connectivity index (χ3v) is 9.60. The van der Waals surface area contributed by atoms with Gasteiger partial charge in [0.25, 0.3) is 0 Å². The quantitative estimate of drug-likeness (QED) is 0.479. The highest BCUT2D eigenvalue weighted by Gasteiger charge is 2.54. The van der Waals surface area contributed by atoms with Gasteiger partial charge >= 0.3 is 0 Å². The highest BCUT2D eigenvalue weighted by Crippen LogP contribution is 2.60. The second-order valence-electron chi connectivity index (χ2n) is 12.8. The van der Waals surface area contributed by atoms with Crippen molar-refractivity contribution in [1.29, 1.82) is 0 Å². The first-order valence-electron chi connectivity index (χ1n) is 14.3. The Hall–Kier alpha value is -2.64. The molecule has 4 bridgehead atoms. The van der Waals surface area contributed by atoms with Crippen LogP contribution in [0.25, 0.3) is 0 Å². The van der Waals surface area contributed by atoms with Crippen molar-refractivity contribution in [3.63, 3.8) is 0 Å². The summed E-state index contributed by atoms with van der Waals surface area (Å²) in [5.74, 6) is 2.03. The summed E-state index contributed by atoms with van der Waals surface area (Å²) >= 11 is 0. The zero-order valence-electron chi connectivity index (χ0n) is 22.4. The van der Waals surface area contributed by atoms with E-state index in [0.29, 0.717) is 17.9 Å². The van der Waals surface area contributed by atoms with Crippen LogP contribution in [0.3, 0.4) is 0 Å². The molecule has 0 unspecified atom stereocenters. The van der Waals surface area contributed by atoms with Gasteiger partial charge in [-0.1, -0.05) is 23.8 Å². The molecule has 4 atom stereocenters. The Morgan fingerprint density at radius 3 is 2.39 bits per heavy atom. The lowest BCUT2D eigenvalue weighted by Gasteiger charge is -2.58. The van der Waals surface area contributed by atoms with Crippen LogP contribution in [-0.4, -0.2) is 64.9 Å². The number of carbonyl (C=O) groups excluding carboxylic acids is 2. The molecule has 0 aromatic heterocycles. The van der Waals surface area contributed by atoms with E-state index in [1.165, 1.54) is 19.3 Å². The minimum Gasteiger partial charge on any atom is -0.486 e. The highest BCUT2D eigenvalue weighted by molar-refractivity contribution is 5.96. The molecule has 1 heterocycles. The van der Waals surface area contributed by atoms with Gasteiger partial charge in [-0.15, -0.1) is 0 Å². The Morgan fingerprint density at radius 1 is 1.11 bits per heavy atom. The molecule has 4 fully saturated rings. The number of amides is 2. The summed E-state index contributed by atoms with van der Waals surface area (Å²) in [6.07, 6.45) is 9.19. The molecule has 0 saturated heterocycles. The van der Waals surface area contributed by atoms with Gasteiger partial charge in [0.1, 0.15) is 18.0 Å². The van der Waals surface area contributed by atoms with Crippen molar-refractivity contribution in [1.82, 2.24) is 10.2 Å². The molecule has 6 aliphatic rings. The second-order valence-corrected chi connectivity index (χ2v) is 12.8. The first kappa shape index (κ1) is 25.6. The zero-order valence-corrected chi connectivity index (χ0v) is 22.4. The van der Waals surface area contributed by atoms with Crippen LogP contribution in [0.2, 0.25) is 0 Å². The first-order valence-corrected chi connectivity index (χ1v) is 14.3. The number of allylic oxidation sites excluding steroid dienone is 1. The molecule has 1 aromatic carbocycles. The van der Waals surface area contributed by atoms with Crippen molar-refractivity contribution in [2.45, 2.75) is 76.5 Å². The molecule has 3 N–H and O–H groups in total. The standard InChI is InChI=1S/C31H40N2O5/c1-18(2)9-26(35)33(17-31-14-19-10-20(15-31)12-21(11-19)16-31)24-13-23(30(37)32-7-8-34)27-22-5-3-4-6-25(22)38-29(27)28(24)36/h3-6,9,13,19-21,24,27-29,34,36H,7-8,10-12,14-17H2,1-2H3,(H,32,37)/t19?,20?,21?,24-,27+,28+,29+,31?/m1/s1. The summed E-state index contributed by atoms with van der Waals surface area (Å²) < 4.78 is 6.27. The van der Waals surface area contributed by atoms with Crippen LogP contribution in [0.15, 0.2) is 47.6 Å². The van der Waals surface area contributed by atoms with E-state index in [-0.39, 0.29) is 30.4 Å². The number of para-hydroxylation sites is 1. The maximum Gasteiger partial charge on any atom is 0.247 e. The van der Waals surface area contributed by atoms with Crippen molar-refractivity contribution in [2.75, 3.05) is 19.7 Å². The molecule has 7 heteroatoms. The van der Waals surface area contributed by atoms with Crippen LogP contribution in [-0.2, 0) is 9.59 Å². The monoisotopic (exact) mass is 520 g/mol. The van der Waals surface area contributed by atoms with E-state index in [4.69, 9.17) is 4.74 Å². The van der Waals surface area contributed by atoms with E-state index < -0.39 is 24.2 Å². The zero-order chi connectivity index (χ0) is 26.6. The van der Waals surface area contributed by atoms with E-state index in [1.807, 2.05) is 43.0 Å². The third-order valence-electron chi connectivity index (χ3n) is 9.60. The highest BCUT2D eigenvalue weighted by atomic mass is 16.5. The Bertz CT molecular complexity index is 1130.